The summed E-state index contributed by atoms with van der Waals surface area (Å²) in [5.74, 6) is 0.280. The van der Waals surface area contributed by atoms with E-state index in [1.807, 2.05) is 20.8 Å². The van der Waals surface area contributed by atoms with Crippen molar-refractivity contribution in [2.75, 3.05) is 20.3 Å². The Morgan fingerprint density at radius 1 is 1.33 bits per heavy atom. The number of nitrogens with one attached hydrogen (secondary N) is 1. The number of benzene rings is 1. The molecule has 18 heavy (non-hydrogen) atoms. The quantitative estimate of drug-likeness (QED) is 0.812. The van der Waals surface area contributed by atoms with Gasteiger partial charge in [0.2, 0.25) is 0 Å². The van der Waals surface area contributed by atoms with Gasteiger partial charge in [0, 0.05) is 31.3 Å². The Hall–Kier alpha value is -1.13. The first-order chi connectivity index (χ1) is 8.48. The smallest absolute Gasteiger partial charge is 0.131 e. The summed E-state index contributed by atoms with van der Waals surface area (Å²) in [6.07, 6.45) is 0. The fraction of sp³-hybridized carbons (Fsp3) is 0.571. The minimum atomic E-state index is -0.254. The second-order valence-corrected chi connectivity index (χ2v) is 4.75. The monoisotopic (exact) mass is 255 g/mol. The molecule has 0 saturated carbocycles. The van der Waals surface area contributed by atoms with Crippen molar-refractivity contribution in [1.82, 2.24) is 5.32 Å². The zero-order valence-corrected chi connectivity index (χ0v) is 11.5. The molecule has 0 saturated heterocycles. The Labute approximate surface area is 108 Å². The highest BCUT2D eigenvalue weighted by molar-refractivity contribution is 5.28. The second kappa shape index (κ2) is 6.71. The number of methoxy groups -OCH3 is 1. The molecule has 1 aromatic rings. The highest BCUT2D eigenvalue weighted by Crippen LogP contribution is 2.16. The van der Waals surface area contributed by atoms with Crippen LogP contribution in [-0.2, 0) is 11.3 Å². The molecule has 1 aromatic carbocycles. The zero-order chi connectivity index (χ0) is 13.6. The van der Waals surface area contributed by atoms with Crippen LogP contribution in [0.5, 0.6) is 5.75 Å². The second-order valence-electron chi connectivity index (χ2n) is 4.75. The third-order valence-electron chi connectivity index (χ3n) is 2.66. The minimum absolute atomic E-state index is 0.238. The normalized spacial score (nSPS) is 11.6. The van der Waals surface area contributed by atoms with Crippen LogP contribution in [-0.4, -0.2) is 25.9 Å². The molecule has 102 valence electrons. The van der Waals surface area contributed by atoms with E-state index in [1.54, 1.807) is 12.1 Å². The van der Waals surface area contributed by atoms with Crippen molar-refractivity contribution in [3.8, 4) is 5.75 Å². The van der Waals surface area contributed by atoms with Gasteiger partial charge in [-0.3, -0.25) is 0 Å². The number of rotatable bonds is 7. The Kier molecular flexibility index (Phi) is 5.56. The van der Waals surface area contributed by atoms with Gasteiger partial charge in [0.05, 0.1) is 12.7 Å². The average molecular weight is 255 g/mol. The van der Waals surface area contributed by atoms with Gasteiger partial charge >= 0.3 is 0 Å². The van der Waals surface area contributed by atoms with Crippen LogP contribution in [0.25, 0.3) is 0 Å². The Balaban J connectivity index is 2.49. The molecular weight excluding hydrogens is 233 g/mol. The van der Waals surface area contributed by atoms with E-state index in [9.17, 15) is 4.39 Å². The molecule has 0 bridgehead atoms. The number of halogens is 1. The highest BCUT2D eigenvalue weighted by Gasteiger charge is 2.16. The van der Waals surface area contributed by atoms with E-state index < -0.39 is 0 Å². The molecule has 3 nitrogen and oxygen atoms in total. The van der Waals surface area contributed by atoms with Crippen LogP contribution in [0, 0.1) is 5.82 Å². The molecule has 0 radical (unpaired) electrons. The van der Waals surface area contributed by atoms with Gasteiger partial charge in [0.25, 0.3) is 0 Å². The predicted molar refractivity (Wildman–Crippen MR) is 70.4 cm³/mol. The van der Waals surface area contributed by atoms with E-state index in [4.69, 9.17) is 9.47 Å². The summed E-state index contributed by atoms with van der Waals surface area (Å²) in [4.78, 5) is 0. The third kappa shape index (κ3) is 4.63. The van der Waals surface area contributed by atoms with E-state index in [-0.39, 0.29) is 11.4 Å². The van der Waals surface area contributed by atoms with E-state index >= 15 is 0 Å². The van der Waals surface area contributed by atoms with Crippen LogP contribution in [0.4, 0.5) is 4.39 Å². The van der Waals surface area contributed by atoms with Gasteiger partial charge in [0.1, 0.15) is 11.6 Å². The molecule has 0 unspecified atom stereocenters. The van der Waals surface area contributed by atoms with Crippen molar-refractivity contribution in [3.05, 3.63) is 29.6 Å². The summed E-state index contributed by atoms with van der Waals surface area (Å²) in [6, 6.07) is 4.88. The molecule has 0 aliphatic rings. The first kappa shape index (κ1) is 14.9. The molecule has 0 aliphatic heterocycles. The maximum absolute atomic E-state index is 13.7. The summed E-state index contributed by atoms with van der Waals surface area (Å²) >= 11 is 0. The highest BCUT2D eigenvalue weighted by atomic mass is 19.1. The molecule has 0 heterocycles. The summed E-state index contributed by atoms with van der Waals surface area (Å²) in [7, 11) is 1.53. The van der Waals surface area contributed by atoms with Crippen LogP contribution in [0.1, 0.15) is 26.3 Å². The molecular formula is C14H22FNO2. The maximum Gasteiger partial charge on any atom is 0.131 e. The zero-order valence-electron chi connectivity index (χ0n) is 11.5. The molecule has 0 atom stereocenters. The Morgan fingerprint density at radius 2 is 2.06 bits per heavy atom. The number of ether oxygens (including phenoxy) is 2. The van der Waals surface area contributed by atoms with E-state index in [0.717, 1.165) is 0 Å². The topological polar surface area (TPSA) is 30.5 Å². The summed E-state index contributed by atoms with van der Waals surface area (Å²) in [5.41, 5.74) is 0.389. The average Bonchev–Trinajstić information content (AvgIpc) is 2.31. The molecule has 4 heteroatoms. The summed E-state index contributed by atoms with van der Waals surface area (Å²) < 4.78 is 24.2. The van der Waals surface area contributed by atoms with Crippen molar-refractivity contribution in [2.45, 2.75) is 32.9 Å². The van der Waals surface area contributed by atoms with Crippen molar-refractivity contribution in [2.24, 2.45) is 0 Å². The SMILES string of the molecule is CCOC(C)(C)CNCc1ccc(OC)cc1F. The van der Waals surface area contributed by atoms with Crippen LogP contribution >= 0.6 is 0 Å². The van der Waals surface area contributed by atoms with Gasteiger partial charge < -0.3 is 14.8 Å². The fourth-order valence-electron chi connectivity index (χ4n) is 1.74. The Morgan fingerprint density at radius 3 is 2.61 bits per heavy atom. The van der Waals surface area contributed by atoms with Gasteiger partial charge in [-0.2, -0.15) is 0 Å². The van der Waals surface area contributed by atoms with Crippen molar-refractivity contribution in [3.63, 3.8) is 0 Å². The summed E-state index contributed by atoms with van der Waals surface area (Å²) in [6.45, 7) is 7.80. The molecule has 0 fully saturated rings. The number of hydrogen-bond donors (Lipinski definition) is 1. The summed E-state index contributed by atoms with van der Waals surface area (Å²) in [5, 5.41) is 3.20. The van der Waals surface area contributed by atoms with Crippen LogP contribution in [0.3, 0.4) is 0 Å². The van der Waals surface area contributed by atoms with Crippen LogP contribution < -0.4 is 10.1 Å². The van der Waals surface area contributed by atoms with E-state index in [0.29, 0.717) is 31.0 Å². The lowest BCUT2D eigenvalue weighted by Crippen LogP contribution is -2.37. The lowest BCUT2D eigenvalue weighted by molar-refractivity contribution is -0.00901. The first-order valence-corrected chi connectivity index (χ1v) is 6.15. The lowest BCUT2D eigenvalue weighted by atomic mass is 10.1. The maximum atomic E-state index is 13.7. The molecule has 0 aliphatic carbocycles. The largest absolute Gasteiger partial charge is 0.497 e. The molecule has 0 aromatic heterocycles. The van der Waals surface area contributed by atoms with E-state index in [2.05, 4.69) is 5.32 Å². The third-order valence-corrected chi connectivity index (χ3v) is 2.66. The van der Waals surface area contributed by atoms with Gasteiger partial charge in [-0.05, 0) is 26.8 Å². The van der Waals surface area contributed by atoms with Gasteiger partial charge in [0.15, 0.2) is 0 Å². The Bertz CT molecular complexity index is 380. The van der Waals surface area contributed by atoms with Crippen LogP contribution in [0.2, 0.25) is 0 Å². The van der Waals surface area contributed by atoms with Gasteiger partial charge in [-0.15, -0.1) is 0 Å². The fourth-order valence-corrected chi connectivity index (χ4v) is 1.74. The molecule has 0 spiro atoms. The molecule has 1 N–H and O–H groups in total. The van der Waals surface area contributed by atoms with E-state index in [1.165, 1.54) is 13.2 Å². The number of hydrogen-bond acceptors (Lipinski definition) is 3. The molecule has 0 amide bonds. The van der Waals surface area contributed by atoms with Crippen molar-refractivity contribution in [1.29, 1.82) is 0 Å². The first-order valence-electron chi connectivity index (χ1n) is 6.15. The van der Waals surface area contributed by atoms with Crippen LogP contribution in [0.15, 0.2) is 18.2 Å². The van der Waals surface area contributed by atoms with Gasteiger partial charge in [-0.25, -0.2) is 4.39 Å². The standard InChI is InChI=1S/C14H22FNO2/c1-5-18-14(2,3)10-16-9-11-6-7-12(17-4)8-13(11)15/h6-8,16H,5,9-10H2,1-4H3. The van der Waals surface area contributed by atoms with Gasteiger partial charge in [-0.1, -0.05) is 6.07 Å². The lowest BCUT2D eigenvalue weighted by Gasteiger charge is -2.25. The van der Waals surface area contributed by atoms with Crippen molar-refractivity contribution >= 4 is 0 Å². The predicted octanol–water partition coefficient (Wildman–Crippen LogP) is 2.74. The molecule has 1 rings (SSSR count). The minimum Gasteiger partial charge on any atom is -0.497 e. The van der Waals surface area contributed by atoms with Crippen molar-refractivity contribution < 1.29 is 13.9 Å².